The molecule has 0 amide bonds. The van der Waals surface area contributed by atoms with E-state index in [1.807, 2.05) is 43.3 Å². The Hall–Kier alpha value is -1.47. The van der Waals surface area contributed by atoms with Crippen LogP contribution in [0.2, 0.25) is 5.02 Å². The van der Waals surface area contributed by atoms with Gasteiger partial charge in [0.05, 0.1) is 0 Å². The lowest BCUT2D eigenvalue weighted by Crippen LogP contribution is -1.90. The van der Waals surface area contributed by atoms with E-state index in [-0.39, 0.29) is 0 Å². The molecule has 0 unspecified atom stereocenters. The summed E-state index contributed by atoms with van der Waals surface area (Å²) >= 11 is 6.04. The van der Waals surface area contributed by atoms with Crippen molar-refractivity contribution in [1.82, 2.24) is 0 Å². The lowest BCUT2D eigenvalue weighted by Gasteiger charge is -2.07. The fourth-order valence-electron chi connectivity index (χ4n) is 1.66. The van der Waals surface area contributed by atoms with E-state index >= 15 is 0 Å². The molecule has 2 aromatic carbocycles. The van der Waals surface area contributed by atoms with Crippen molar-refractivity contribution in [3.63, 3.8) is 0 Å². The number of hydrogen-bond donors (Lipinski definition) is 1. The standard InChI is InChI=1S/C14H13ClO/c1-10-7-14(16)12(9-13(10)15)8-11-5-3-2-4-6-11/h2-7,9,16H,8H2,1H3. The molecule has 1 N–H and O–H groups in total. The molecule has 0 bridgehead atoms. The topological polar surface area (TPSA) is 20.2 Å². The zero-order valence-corrected chi connectivity index (χ0v) is 9.83. The van der Waals surface area contributed by atoms with Crippen LogP contribution in [-0.2, 0) is 6.42 Å². The van der Waals surface area contributed by atoms with Crippen LogP contribution in [0.3, 0.4) is 0 Å². The summed E-state index contributed by atoms with van der Waals surface area (Å²) in [5.41, 5.74) is 2.93. The van der Waals surface area contributed by atoms with Crippen LogP contribution in [0, 0.1) is 6.92 Å². The second-order valence-corrected chi connectivity index (χ2v) is 4.30. The van der Waals surface area contributed by atoms with Crippen LogP contribution < -0.4 is 0 Å². The molecular weight excluding hydrogens is 220 g/mol. The van der Waals surface area contributed by atoms with Gasteiger partial charge in [0.15, 0.2) is 0 Å². The van der Waals surface area contributed by atoms with Gasteiger partial charge in [0, 0.05) is 11.4 Å². The summed E-state index contributed by atoms with van der Waals surface area (Å²) in [5.74, 6) is 0.311. The normalized spacial score (nSPS) is 10.4. The van der Waals surface area contributed by atoms with Crippen LogP contribution >= 0.6 is 11.6 Å². The van der Waals surface area contributed by atoms with Crippen LogP contribution in [0.25, 0.3) is 0 Å². The van der Waals surface area contributed by atoms with Crippen molar-refractivity contribution in [3.05, 3.63) is 64.2 Å². The van der Waals surface area contributed by atoms with Gasteiger partial charge in [-0.1, -0.05) is 41.9 Å². The zero-order chi connectivity index (χ0) is 11.5. The molecule has 0 aliphatic heterocycles. The van der Waals surface area contributed by atoms with Crippen molar-refractivity contribution in [2.75, 3.05) is 0 Å². The van der Waals surface area contributed by atoms with E-state index in [4.69, 9.17) is 11.6 Å². The van der Waals surface area contributed by atoms with Gasteiger partial charge in [0.1, 0.15) is 5.75 Å². The molecule has 16 heavy (non-hydrogen) atoms. The molecule has 0 fully saturated rings. The fraction of sp³-hybridized carbons (Fsp3) is 0.143. The molecule has 2 heteroatoms. The minimum atomic E-state index is 0.311. The first-order valence-electron chi connectivity index (χ1n) is 5.19. The van der Waals surface area contributed by atoms with Crippen LogP contribution in [-0.4, -0.2) is 5.11 Å². The predicted molar refractivity (Wildman–Crippen MR) is 67.1 cm³/mol. The Morgan fingerprint density at radius 3 is 2.50 bits per heavy atom. The molecule has 0 saturated carbocycles. The number of halogens is 1. The predicted octanol–water partition coefficient (Wildman–Crippen LogP) is 3.94. The maximum absolute atomic E-state index is 9.82. The summed E-state index contributed by atoms with van der Waals surface area (Å²) < 4.78 is 0. The van der Waals surface area contributed by atoms with E-state index in [1.165, 1.54) is 0 Å². The average Bonchev–Trinajstić information content (AvgIpc) is 2.27. The largest absolute Gasteiger partial charge is 0.508 e. The molecule has 2 aromatic rings. The van der Waals surface area contributed by atoms with Gasteiger partial charge < -0.3 is 5.11 Å². The van der Waals surface area contributed by atoms with Crippen molar-refractivity contribution in [2.45, 2.75) is 13.3 Å². The third-order valence-corrected chi connectivity index (χ3v) is 3.00. The fourth-order valence-corrected chi connectivity index (χ4v) is 1.85. The Kier molecular flexibility index (Phi) is 3.16. The second kappa shape index (κ2) is 4.58. The lowest BCUT2D eigenvalue weighted by atomic mass is 10.0. The molecule has 2 rings (SSSR count). The minimum absolute atomic E-state index is 0.311. The maximum atomic E-state index is 9.82. The second-order valence-electron chi connectivity index (χ2n) is 3.89. The molecule has 0 heterocycles. The van der Waals surface area contributed by atoms with E-state index in [0.29, 0.717) is 17.2 Å². The smallest absolute Gasteiger partial charge is 0.119 e. The number of hydrogen-bond acceptors (Lipinski definition) is 1. The van der Waals surface area contributed by atoms with E-state index in [1.54, 1.807) is 6.07 Å². The molecule has 0 saturated heterocycles. The summed E-state index contributed by atoms with van der Waals surface area (Å²) in [6, 6.07) is 13.6. The van der Waals surface area contributed by atoms with E-state index in [2.05, 4.69) is 0 Å². The minimum Gasteiger partial charge on any atom is -0.508 e. The number of phenols is 1. The first-order chi connectivity index (χ1) is 7.66. The number of aromatic hydroxyl groups is 1. The van der Waals surface area contributed by atoms with Crippen LogP contribution in [0.4, 0.5) is 0 Å². The molecule has 0 aliphatic carbocycles. The van der Waals surface area contributed by atoms with Gasteiger partial charge in [-0.25, -0.2) is 0 Å². The van der Waals surface area contributed by atoms with Gasteiger partial charge in [-0.15, -0.1) is 0 Å². The average molecular weight is 233 g/mol. The number of rotatable bonds is 2. The van der Waals surface area contributed by atoms with Gasteiger partial charge in [-0.05, 0) is 35.7 Å². The Bertz CT molecular complexity index is 492. The highest BCUT2D eigenvalue weighted by Crippen LogP contribution is 2.27. The van der Waals surface area contributed by atoms with Crippen LogP contribution in [0.1, 0.15) is 16.7 Å². The Balaban J connectivity index is 2.32. The molecule has 82 valence electrons. The SMILES string of the molecule is Cc1cc(O)c(Cc2ccccc2)cc1Cl. The molecule has 0 aliphatic rings. The summed E-state index contributed by atoms with van der Waals surface area (Å²) in [4.78, 5) is 0. The highest BCUT2D eigenvalue weighted by atomic mass is 35.5. The van der Waals surface area contributed by atoms with Crippen LogP contribution in [0.5, 0.6) is 5.75 Å². The van der Waals surface area contributed by atoms with E-state index in [0.717, 1.165) is 16.7 Å². The van der Waals surface area contributed by atoms with E-state index < -0.39 is 0 Å². The first kappa shape index (κ1) is 11.0. The quantitative estimate of drug-likeness (QED) is 0.832. The Morgan fingerprint density at radius 1 is 1.12 bits per heavy atom. The number of benzene rings is 2. The van der Waals surface area contributed by atoms with Crippen molar-refractivity contribution < 1.29 is 5.11 Å². The summed E-state index contributed by atoms with van der Waals surface area (Å²) in [6.07, 6.45) is 0.701. The Morgan fingerprint density at radius 2 is 1.81 bits per heavy atom. The Labute approximate surface area is 100 Å². The van der Waals surface area contributed by atoms with Gasteiger partial charge in [0.25, 0.3) is 0 Å². The summed E-state index contributed by atoms with van der Waals surface area (Å²) in [7, 11) is 0. The van der Waals surface area contributed by atoms with Gasteiger partial charge in [-0.2, -0.15) is 0 Å². The van der Waals surface area contributed by atoms with Crippen molar-refractivity contribution in [3.8, 4) is 5.75 Å². The monoisotopic (exact) mass is 232 g/mol. The van der Waals surface area contributed by atoms with Crippen LogP contribution in [0.15, 0.2) is 42.5 Å². The van der Waals surface area contributed by atoms with E-state index in [9.17, 15) is 5.11 Å². The lowest BCUT2D eigenvalue weighted by molar-refractivity contribution is 0.469. The van der Waals surface area contributed by atoms with Crippen molar-refractivity contribution in [2.24, 2.45) is 0 Å². The van der Waals surface area contributed by atoms with Crippen molar-refractivity contribution >= 4 is 11.6 Å². The van der Waals surface area contributed by atoms with Crippen molar-refractivity contribution in [1.29, 1.82) is 0 Å². The first-order valence-corrected chi connectivity index (χ1v) is 5.56. The molecule has 0 aromatic heterocycles. The van der Waals surface area contributed by atoms with Gasteiger partial charge >= 0.3 is 0 Å². The third kappa shape index (κ3) is 2.37. The molecule has 0 radical (unpaired) electrons. The molecule has 0 atom stereocenters. The maximum Gasteiger partial charge on any atom is 0.119 e. The number of aryl methyl sites for hydroxylation is 1. The molecular formula is C14H13ClO. The molecule has 1 nitrogen and oxygen atoms in total. The summed E-state index contributed by atoms with van der Waals surface area (Å²) in [6.45, 7) is 1.88. The highest BCUT2D eigenvalue weighted by molar-refractivity contribution is 6.31. The summed E-state index contributed by atoms with van der Waals surface area (Å²) in [5, 5.41) is 10.5. The third-order valence-electron chi connectivity index (χ3n) is 2.60. The zero-order valence-electron chi connectivity index (χ0n) is 9.07. The van der Waals surface area contributed by atoms with Gasteiger partial charge in [-0.3, -0.25) is 0 Å². The molecule has 0 spiro atoms. The van der Waals surface area contributed by atoms with Gasteiger partial charge in [0.2, 0.25) is 0 Å². The number of phenolic OH excluding ortho intramolecular Hbond substituents is 1. The highest BCUT2D eigenvalue weighted by Gasteiger charge is 2.05.